The maximum atomic E-state index is 13.5. The molecule has 1 amide bonds. The molecule has 4 rings (SSSR count). The Morgan fingerprint density at radius 2 is 1.66 bits per heavy atom. The Hall–Kier alpha value is -3.39. The summed E-state index contributed by atoms with van der Waals surface area (Å²) in [6, 6.07) is 16.0. The first-order valence-corrected chi connectivity index (χ1v) is 10.1. The fraction of sp³-hybridized carbons (Fsp3) is 0.174. The number of benzene rings is 3. The third-order valence-corrected chi connectivity index (χ3v) is 5.03. The lowest BCUT2D eigenvalue weighted by atomic mass is 10.0. The van der Waals surface area contributed by atoms with E-state index in [2.05, 4.69) is 10.6 Å². The van der Waals surface area contributed by atoms with Gasteiger partial charge in [0.2, 0.25) is 0 Å². The van der Waals surface area contributed by atoms with Gasteiger partial charge in [-0.3, -0.25) is 4.79 Å². The van der Waals surface area contributed by atoms with E-state index in [-0.39, 0.29) is 10.7 Å². The molecule has 3 aromatic rings. The number of nitrogens with one attached hydrogen (secondary N) is 2. The first-order valence-electron chi connectivity index (χ1n) is 9.70. The molecule has 1 atom stereocenters. The molecule has 3 aromatic carbocycles. The van der Waals surface area contributed by atoms with Crippen molar-refractivity contribution < 1.29 is 27.4 Å². The quantitative estimate of drug-likeness (QED) is 0.494. The zero-order chi connectivity index (χ0) is 22.7. The third kappa shape index (κ3) is 4.91. The second kappa shape index (κ2) is 9.00. The molecule has 0 unspecified atom stereocenters. The molecule has 1 heterocycles. The largest absolute Gasteiger partial charge is 0.486 e. The standard InChI is InChI=1S/C23H18ClF3N2O3/c24-15-6-8-18(17(12-15)23(25,26)27)29-22(30)21(14-4-2-1-3-5-14)28-16-7-9-19-20(13-16)32-11-10-31-19/h1-9,12-13,21,28H,10-11H2,(H,29,30)/t21-/m1/s1. The normalized spacial score (nSPS) is 13.9. The summed E-state index contributed by atoms with van der Waals surface area (Å²) in [5.41, 5.74) is -0.283. The van der Waals surface area contributed by atoms with Crippen LogP contribution >= 0.6 is 11.6 Å². The first kappa shape index (κ1) is 21.8. The molecule has 0 spiro atoms. The highest BCUT2D eigenvalue weighted by atomic mass is 35.5. The third-order valence-electron chi connectivity index (χ3n) is 4.79. The molecule has 0 saturated heterocycles. The van der Waals surface area contributed by atoms with Crippen LogP contribution in [0.5, 0.6) is 11.5 Å². The van der Waals surface area contributed by atoms with Crippen LogP contribution < -0.4 is 20.1 Å². The Bertz CT molecular complexity index is 1120. The van der Waals surface area contributed by atoms with E-state index >= 15 is 0 Å². The topological polar surface area (TPSA) is 59.6 Å². The average molecular weight is 463 g/mol. The van der Waals surface area contributed by atoms with Crippen molar-refractivity contribution in [2.24, 2.45) is 0 Å². The lowest BCUT2D eigenvalue weighted by Crippen LogP contribution is -2.28. The van der Waals surface area contributed by atoms with Crippen molar-refractivity contribution >= 4 is 28.9 Å². The smallest absolute Gasteiger partial charge is 0.418 e. The molecule has 5 nitrogen and oxygen atoms in total. The lowest BCUT2D eigenvalue weighted by Gasteiger charge is -2.23. The predicted octanol–water partition coefficient (Wildman–Crippen LogP) is 5.92. The van der Waals surface area contributed by atoms with E-state index in [1.165, 1.54) is 6.07 Å². The number of alkyl halides is 3. The second-order valence-electron chi connectivity index (χ2n) is 7.02. The molecule has 0 fully saturated rings. The molecular formula is C23H18ClF3N2O3. The Kier molecular flexibility index (Phi) is 6.14. The Morgan fingerprint density at radius 3 is 2.38 bits per heavy atom. The lowest BCUT2D eigenvalue weighted by molar-refractivity contribution is -0.137. The second-order valence-corrected chi connectivity index (χ2v) is 7.46. The fourth-order valence-corrected chi connectivity index (χ4v) is 3.48. The highest BCUT2D eigenvalue weighted by molar-refractivity contribution is 6.30. The molecule has 0 bridgehead atoms. The van der Waals surface area contributed by atoms with Gasteiger partial charge in [-0.1, -0.05) is 41.9 Å². The van der Waals surface area contributed by atoms with Crippen LogP contribution in [0.25, 0.3) is 0 Å². The Labute approximate surface area is 187 Å². The van der Waals surface area contributed by atoms with Crippen LogP contribution in [0, 0.1) is 0 Å². The summed E-state index contributed by atoms with van der Waals surface area (Å²) in [4.78, 5) is 13.1. The van der Waals surface area contributed by atoms with Crippen LogP contribution in [0.3, 0.4) is 0 Å². The Balaban J connectivity index is 1.64. The van der Waals surface area contributed by atoms with Crippen molar-refractivity contribution in [1.82, 2.24) is 0 Å². The number of carbonyl (C=O) groups excluding carboxylic acids is 1. The van der Waals surface area contributed by atoms with Crippen molar-refractivity contribution in [2.45, 2.75) is 12.2 Å². The number of carbonyl (C=O) groups is 1. The highest BCUT2D eigenvalue weighted by Crippen LogP contribution is 2.37. The van der Waals surface area contributed by atoms with Crippen LogP contribution in [-0.4, -0.2) is 19.1 Å². The minimum absolute atomic E-state index is 0.0793. The van der Waals surface area contributed by atoms with Crippen LogP contribution in [-0.2, 0) is 11.0 Å². The molecule has 0 aromatic heterocycles. The summed E-state index contributed by atoms with van der Waals surface area (Å²) in [5, 5.41) is 5.39. The van der Waals surface area contributed by atoms with Crippen molar-refractivity contribution in [2.75, 3.05) is 23.8 Å². The summed E-state index contributed by atoms with van der Waals surface area (Å²) in [6.45, 7) is 0.841. The van der Waals surface area contributed by atoms with Crippen LogP contribution in [0.4, 0.5) is 24.5 Å². The van der Waals surface area contributed by atoms with Gasteiger partial charge in [-0.05, 0) is 35.9 Å². The van der Waals surface area contributed by atoms with Gasteiger partial charge < -0.3 is 20.1 Å². The van der Waals surface area contributed by atoms with E-state index in [1.807, 2.05) is 0 Å². The van der Waals surface area contributed by atoms with Gasteiger partial charge in [-0.25, -0.2) is 0 Å². The zero-order valence-electron chi connectivity index (χ0n) is 16.6. The molecule has 0 aliphatic carbocycles. The van der Waals surface area contributed by atoms with E-state index in [0.717, 1.165) is 12.1 Å². The predicted molar refractivity (Wildman–Crippen MR) is 115 cm³/mol. The van der Waals surface area contributed by atoms with Gasteiger partial charge >= 0.3 is 6.18 Å². The summed E-state index contributed by atoms with van der Waals surface area (Å²) in [7, 11) is 0. The molecule has 2 N–H and O–H groups in total. The van der Waals surface area contributed by atoms with Gasteiger partial charge in [-0.15, -0.1) is 0 Å². The Morgan fingerprint density at radius 1 is 0.938 bits per heavy atom. The van der Waals surface area contributed by atoms with Crippen molar-refractivity contribution in [1.29, 1.82) is 0 Å². The summed E-state index contributed by atoms with van der Waals surface area (Å²) in [6.07, 6.45) is -4.68. The number of hydrogen-bond acceptors (Lipinski definition) is 4. The van der Waals surface area contributed by atoms with Crippen LogP contribution in [0.15, 0.2) is 66.7 Å². The first-order chi connectivity index (χ1) is 15.3. The summed E-state index contributed by atoms with van der Waals surface area (Å²) < 4.78 is 51.4. The SMILES string of the molecule is O=C(Nc1ccc(Cl)cc1C(F)(F)F)[C@H](Nc1ccc2c(c1)OCCO2)c1ccccc1. The average Bonchev–Trinajstić information content (AvgIpc) is 2.78. The number of halogens is 4. The monoisotopic (exact) mass is 462 g/mol. The van der Waals surface area contributed by atoms with Crippen molar-refractivity contribution in [3.8, 4) is 11.5 Å². The van der Waals surface area contributed by atoms with Gasteiger partial charge in [0.25, 0.3) is 5.91 Å². The maximum Gasteiger partial charge on any atom is 0.418 e. The molecule has 9 heteroatoms. The minimum Gasteiger partial charge on any atom is -0.486 e. The number of ether oxygens (including phenoxy) is 2. The van der Waals surface area contributed by atoms with Gasteiger partial charge in [-0.2, -0.15) is 13.2 Å². The van der Waals surface area contributed by atoms with Gasteiger partial charge in [0, 0.05) is 16.8 Å². The molecule has 0 saturated carbocycles. The zero-order valence-corrected chi connectivity index (χ0v) is 17.3. The van der Waals surface area contributed by atoms with E-state index in [0.29, 0.717) is 36.0 Å². The van der Waals surface area contributed by atoms with Gasteiger partial charge in [0.05, 0.1) is 11.3 Å². The van der Waals surface area contributed by atoms with Crippen molar-refractivity contribution in [3.05, 3.63) is 82.9 Å². The fourth-order valence-electron chi connectivity index (χ4n) is 3.31. The molecular weight excluding hydrogens is 445 g/mol. The van der Waals surface area contributed by atoms with E-state index in [9.17, 15) is 18.0 Å². The maximum absolute atomic E-state index is 13.5. The highest BCUT2D eigenvalue weighted by Gasteiger charge is 2.35. The number of anilines is 2. The number of rotatable bonds is 5. The van der Waals surface area contributed by atoms with Gasteiger partial charge in [0.1, 0.15) is 19.3 Å². The molecule has 1 aliphatic rings. The number of hydrogen-bond donors (Lipinski definition) is 2. The molecule has 0 radical (unpaired) electrons. The van der Waals surface area contributed by atoms with E-state index in [4.69, 9.17) is 21.1 Å². The number of fused-ring (bicyclic) bond motifs is 1. The molecule has 32 heavy (non-hydrogen) atoms. The van der Waals surface area contributed by atoms with Crippen LogP contribution in [0.2, 0.25) is 5.02 Å². The van der Waals surface area contributed by atoms with E-state index in [1.54, 1.807) is 48.5 Å². The van der Waals surface area contributed by atoms with Gasteiger partial charge in [0.15, 0.2) is 11.5 Å². The van der Waals surface area contributed by atoms with Crippen molar-refractivity contribution in [3.63, 3.8) is 0 Å². The molecule has 166 valence electrons. The summed E-state index contributed by atoms with van der Waals surface area (Å²) in [5.74, 6) is 0.433. The minimum atomic E-state index is -4.68. The van der Waals surface area contributed by atoms with Crippen LogP contribution in [0.1, 0.15) is 17.2 Å². The summed E-state index contributed by atoms with van der Waals surface area (Å²) >= 11 is 5.74. The molecule has 1 aliphatic heterocycles. The number of amides is 1. The van der Waals surface area contributed by atoms with E-state index < -0.39 is 23.7 Å².